The van der Waals surface area contributed by atoms with Crippen LogP contribution in [0.25, 0.3) is 11.3 Å². The number of carboxylic acid groups (broad SMARTS) is 2. The Hall–Kier alpha value is -2.91. The quantitative estimate of drug-likeness (QED) is 0.282. The van der Waals surface area contributed by atoms with Gasteiger partial charge in [0.2, 0.25) is 0 Å². The molecule has 1 heterocycles. The fourth-order valence-electron chi connectivity index (χ4n) is 3.04. The lowest BCUT2D eigenvalue weighted by atomic mass is 10.1. The molecule has 190 valence electrons. The van der Waals surface area contributed by atoms with Crippen LogP contribution in [0.4, 0.5) is 0 Å². The van der Waals surface area contributed by atoms with Crippen molar-refractivity contribution < 1.29 is 34.8 Å². The molecule has 2 atom stereocenters. The molecule has 0 unspecified atom stereocenters. The maximum Gasteiger partial charge on any atom is 0.335 e. The van der Waals surface area contributed by atoms with Crippen molar-refractivity contribution in [2.45, 2.75) is 84.0 Å². The van der Waals surface area contributed by atoms with Crippen molar-refractivity contribution in [3.63, 3.8) is 0 Å². The average Bonchev–Trinajstić information content (AvgIpc) is 3.31. The van der Waals surface area contributed by atoms with Gasteiger partial charge in [-0.2, -0.15) is 0 Å². The molecule has 9 nitrogen and oxygen atoms in total. The van der Waals surface area contributed by atoms with E-state index in [1.54, 1.807) is 0 Å². The van der Waals surface area contributed by atoms with Crippen molar-refractivity contribution in [1.29, 1.82) is 0 Å². The number of aryl methyl sites for hydroxylation is 1. The third-order valence-electron chi connectivity index (χ3n) is 5.12. The zero-order chi connectivity index (χ0) is 25.3. The molecule has 0 aliphatic rings. The summed E-state index contributed by atoms with van der Waals surface area (Å²) in [7, 11) is 0. The van der Waals surface area contributed by atoms with E-state index in [0.717, 1.165) is 36.6 Å². The highest BCUT2D eigenvalue weighted by atomic mass is 16.5. The smallest absolute Gasteiger partial charge is 0.335 e. The van der Waals surface area contributed by atoms with Gasteiger partial charge in [-0.05, 0) is 37.1 Å². The van der Waals surface area contributed by atoms with Crippen LogP contribution in [-0.4, -0.2) is 60.7 Å². The second kappa shape index (κ2) is 16.7. The SMILES string of the molecule is CCCCCCCCOc1ccc(-c2cn(CCCC)cn2)cc1.O=C(O)[C@H](O)[C@@H](O)C(=O)O. The number of carboxylic acids is 2. The Morgan fingerprint density at radius 1 is 0.882 bits per heavy atom. The van der Waals surface area contributed by atoms with Crippen molar-refractivity contribution >= 4 is 11.9 Å². The first-order valence-corrected chi connectivity index (χ1v) is 11.9. The standard InChI is InChI=1S/C21H32N2O.C4H6O6/c1-3-5-7-8-9-10-16-24-20-13-11-19(12-14-20)21-17-23(18-22-21)15-6-4-2;5-1(3(7)8)2(6)4(9)10/h11-14,17-18H,3-10,15-16H2,1-2H3;1-2,5-6H,(H,7,8)(H,9,10)/t;1-,2-/m.1/s1. The lowest BCUT2D eigenvalue weighted by Gasteiger charge is -2.07. The molecule has 0 aliphatic carbocycles. The van der Waals surface area contributed by atoms with Gasteiger partial charge in [-0.3, -0.25) is 0 Å². The molecule has 9 heteroatoms. The van der Waals surface area contributed by atoms with E-state index in [1.807, 2.05) is 6.33 Å². The van der Waals surface area contributed by atoms with Crippen LogP contribution >= 0.6 is 0 Å². The lowest BCUT2D eigenvalue weighted by Crippen LogP contribution is -2.39. The molecule has 2 aromatic rings. The normalized spacial score (nSPS) is 12.4. The average molecular weight is 479 g/mol. The van der Waals surface area contributed by atoms with E-state index >= 15 is 0 Å². The van der Waals surface area contributed by atoms with Crippen molar-refractivity contribution in [3.8, 4) is 17.0 Å². The van der Waals surface area contributed by atoms with Crippen LogP contribution in [0.15, 0.2) is 36.8 Å². The molecule has 34 heavy (non-hydrogen) atoms. The van der Waals surface area contributed by atoms with Crippen molar-refractivity contribution in [1.82, 2.24) is 9.55 Å². The highest BCUT2D eigenvalue weighted by molar-refractivity contribution is 5.83. The molecule has 1 aromatic carbocycles. The van der Waals surface area contributed by atoms with Gasteiger partial charge in [0.1, 0.15) is 5.75 Å². The van der Waals surface area contributed by atoms with E-state index in [4.69, 9.17) is 25.2 Å². The number of imidazole rings is 1. The van der Waals surface area contributed by atoms with Gasteiger partial charge >= 0.3 is 11.9 Å². The van der Waals surface area contributed by atoms with E-state index in [2.05, 4.69) is 53.9 Å². The molecular weight excluding hydrogens is 440 g/mol. The Labute approximate surface area is 201 Å². The molecule has 0 amide bonds. The van der Waals surface area contributed by atoms with Crippen LogP contribution in [0.5, 0.6) is 5.75 Å². The number of ether oxygens (including phenoxy) is 1. The second-order valence-corrected chi connectivity index (χ2v) is 8.06. The third kappa shape index (κ3) is 11.3. The Bertz CT molecular complexity index is 818. The molecule has 0 aliphatic heterocycles. The van der Waals surface area contributed by atoms with Gasteiger partial charge in [-0.25, -0.2) is 14.6 Å². The van der Waals surface area contributed by atoms with Gasteiger partial charge in [0, 0.05) is 18.3 Å². The van der Waals surface area contributed by atoms with Gasteiger partial charge in [0.05, 0.1) is 18.6 Å². The van der Waals surface area contributed by atoms with Crippen LogP contribution in [0, 0.1) is 0 Å². The number of aliphatic carboxylic acids is 2. The van der Waals surface area contributed by atoms with Crippen molar-refractivity contribution in [3.05, 3.63) is 36.8 Å². The Kier molecular flexibility index (Phi) is 14.3. The van der Waals surface area contributed by atoms with E-state index in [9.17, 15) is 9.59 Å². The molecule has 2 rings (SSSR count). The monoisotopic (exact) mass is 478 g/mol. The molecule has 1 aromatic heterocycles. The number of aromatic nitrogens is 2. The molecule has 0 saturated heterocycles. The first-order chi connectivity index (χ1) is 16.3. The summed E-state index contributed by atoms with van der Waals surface area (Å²) < 4.78 is 8.00. The van der Waals surface area contributed by atoms with E-state index in [1.165, 1.54) is 44.9 Å². The lowest BCUT2D eigenvalue weighted by molar-refractivity contribution is -0.165. The molecule has 4 N–H and O–H groups in total. The van der Waals surface area contributed by atoms with Crippen LogP contribution in [-0.2, 0) is 16.1 Å². The molecule has 0 fully saturated rings. The van der Waals surface area contributed by atoms with Gasteiger partial charge in [0.15, 0.2) is 12.2 Å². The number of aliphatic hydroxyl groups is 2. The van der Waals surface area contributed by atoms with E-state index < -0.39 is 24.1 Å². The van der Waals surface area contributed by atoms with Crippen molar-refractivity contribution in [2.75, 3.05) is 6.61 Å². The number of unbranched alkanes of at least 4 members (excludes halogenated alkanes) is 6. The fraction of sp³-hybridized carbons (Fsp3) is 0.560. The predicted molar refractivity (Wildman–Crippen MR) is 129 cm³/mol. The highest BCUT2D eigenvalue weighted by Crippen LogP contribution is 2.21. The largest absolute Gasteiger partial charge is 0.494 e. The van der Waals surface area contributed by atoms with Crippen molar-refractivity contribution in [2.24, 2.45) is 0 Å². The minimum absolute atomic E-state index is 0.817. The molecular formula is C25H38N2O7. The minimum atomic E-state index is -2.27. The molecule has 0 bridgehead atoms. The summed E-state index contributed by atoms with van der Waals surface area (Å²) in [4.78, 5) is 24.0. The van der Waals surface area contributed by atoms with E-state index in [-0.39, 0.29) is 0 Å². The first kappa shape index (κ1) is 29.1. The third-order valence-corrected chi connectivity index (χ3v) is 5.12. The molecule has 0 radical (unpaired) electrons. The van der Waals surface area contributed by atoms with E-state index in [0.29, 0.717) is 0 Å². The Morgan fingerprint density at radius 3 is 2.00 bits per heavy atom. The summed E-state index contributed by atoms with van der Waals surface area (Å²) in [5.74, 6) is -2.58. The summed E-state index contributed by atoms with van der Waals surface area (Å²) in [5.41, 5.74) is 2.19. The summed E-state index contributed by atoms with van der Waals surface area (Å²) >= 11 is 0. The van der Waals surface area contributed by atoms with Crippen LogP contribution in [0.2, 0.25) is 0 Å². The maximum absolute atomic E-state index is 9.77. The number of benzene rings is 1. The summed E-state index contributed by atoms with van der Waals surface area (Å²) in [6.07, 6.45) is 9.69. The number of rotatable bonds is 15. The second-order valence-electron chi connectivity index (χ2n) is 8.06. The van der Waals surface area contributed by atoms with Crippen LogP contribution in [0.3, 0.4) is 0 Å². The first-order valence-electron chi connectivity index (χ1n) is 11.9. The maximum atomic E-state index is 9.77. The topological polar surface area (TPSA) is 142 Å². The van der Waals surface area contributed by atoms with Gasteiger partial charge in [-0.1, -0.05) is 52.4 Å². The zero-order valence-electron chi connectivity index (χ0n) is 20.1. The molecule has 0 saturated carbocycles. The number of hydrogen-bond donors (Lipinski definition) is 4. The summed E-state index contributed by atoms with van der Waals surface area (Å²) in [5, 5.41) is 32.5. The molecule has 0 spiro atoms. The van der Waals surface area contributed by atoms with Crippen LogP contribution < -0.4 is 4.74 Å². The Balaban J connectivity index is 0.000000489. The van der Waals surface area contributed by atoms with Gasteiger partial charge in [-0.15, -0.1) is 0 Å². The minimum Gasteiger partial charge on any atom is -0.494 e. The summed E-state index contributed by atoms with van der Waals surface area (Å²) in [6.45, 7) is 6.32. The Morgan fingerprint density at radius 2 is 1.44 bits per heavy atom. The van der Waals surface area contributed by atoms with Crippen LogP contribution in [0.1, 0.15) is 65.2 Å². The number of aliphatic hydroxyl groups excluding tert-OH is 2. The number of hydrogen-bond acceptors (Lipinski definition) is 6. The number of carbonyl (C=O) groups is 2. The number of nitrogens with zero attached hydrogens (tertiary/aromatic N) is 2. The van der Waals surface area contributed by atoms with Gasteiger partial charge in [0.25, 0.3) is 0 Å². The fourth-order valence-corrected chi connectivity index (χ4v) is 3.04. The predicted octanol–water partition coefficient (Wildman–Crippen LogP) is 3.97. The van der Waals surface area contributed by atoms with Gasteiger partial charge < -0.3 is 29.7 Å². The summed E-state index contributed by atoms with van der Waals surface area (Å²) in [6, 6.07) is 8.31. The zero-order valence-corrected chi connectivity index (χ0v) is 20.1. The highest BCUT2D eigenvalue weighted by Gasteiger charge is 2.29.